The largest absolute Gasteiger partial charge is 0.478 e. The molecule has 1 saturated heterocycles. The average Bonchev–Trinajstić information content (AvgIpc) is 2.86. The van der Waals surface area contributed by atoms with Gasteiger partial charge in [0.05, 0.1) is 16.6 Å². The summed E-state index contributed by atoms with van der Waals surface area (Å²) < 4.78 is 2.35. The highest BCUT2D eigenvalue weighted by Gasteiger charge is 2.23. The van der Waals surface area contributed by atoms with Crippen LogP contribution in [0.3, 0.4) is 0 Å². The molecule has 4 nitrogen and oxygen atoms in total. The van der Waals surface area contributed by atoms with Gasteiger partial charge in [-0.3, -0.25) is 0 Å². The smallest absolute Gasteiger partial charge is 0.335 e. The first-order valence-corrected chi connectivity index (χ1v) is 8.56. The average molecular weight is 304 g/mol. The lowest BCUT2D eigenvalue weighted by Gasteiger charge is -2.26. The Morgan fingerprint density at radius 2 is 2.10 bits per heavy atom. The third-order valence-corrected chi connectivity index (χ3v) is 5.08. The highest BCUT2D eigenvalue weighted by molar-refractivity contribution is 7.99. The van der Waals surface area contributed by atoms with Gasteiger partial charge >= 0.3 is 5.97 Å². The lowest BCUT2D eigenvalue weighted by molar-refractivity contribution is 0.0697. The molecule has 1 fully saturated rings. The summed E-state index contributed by atoms with van der Waals surface area (Å²) in [6, 6.07) is 5.78. The molecule has 2 aromatic rings. The molecular weight excluding hydrogens is 284 g/mol. The van der Waals surface area contributed by atoms with Gasteiger partial charge in [0.25, 0.3) is 0 Å². The van der Waals surface area contributed by atoms with Gasteiger partial charge in [0, 0.05) is 12.0 Å². The topological polar surface area (TPSA) is 55.1 Å². The minimum absolute atomic E-state index is 0.307. The van der Waals surface area contributed by atoms with Gasteiger partial charge in [-0.1, -0.05) is 13.8 Å². The van der Waals surface area contributed by atoms with Gasteiger partial charge in [0.15, 0.2) is 0 Å². The minimum Gasteiger partial charge on any atom is -0.478 e. The van der Waals surface area contributed by atoms with Gasteiger partial charge < -0.3 is 9.67 Å². The number of fused-ring (bicyclic) bond motifs is 1. The van der Waals surface area contributed by atoms with Gasteiger partial charge in [-0.05, 0) is 42.5 Å². The normalized spacial score (nSPS) is 16.7. The number of rotatable bonds is 3. The van der Waals surface area contributed by atoms with Gasteiger partial charge in [0.2, 0.25) is 0 Å². The van der Waals surface area contributed by atoms with Gasteiger partial charge in [-0.2, -0.15) is 11.8 Å². The lowest BCUT2D eigenvalue weighted by atomic mass is 10.1. The maximum absolute atomic E-state index is 11.1. The molecule has 21 heavy (non-hydrogen) atoms. The van der Waals surface area contributed by atoms with Crippen LogP contribution >= 0.6 is 11.8 Å². The number of carboxylic acid groups (broad SMARTS) is 1. The molecule has 1 aliphatic rings. The van der Waals surface area contributed by atoms with E-state index in [1.165, 1.54) is 11.5 Å². The van der Waals surface area contributed by atoms with Crippen LogP contribution in [0.2, 0.25) is 0 Å². The van der Waals surface area contributed by atoms with Crippen molar-refractivity contribution in [1.82, 2.24) is 9.55 Å². The molecular formula is C16H20N2O2S. The zero-order chi connectivity index (χ0) is 15.0. The zero-order valence-electron chi connectivity index (χ0n) is 12.4. The lowest BCUT2D eigenvalue weighted by Crippen LogP contribution is -2.18. The van der Waals surface area contributed by atoms with Gasteiger partial charge in [-0.25, -0.2) is 9.78 Å². The van der Waals surface area contributed by atoms with E-state index < -0.39 is 5.97 Å². The van der Waals surface area contributed by atoms with E-state index >= 15 is 0 Å². The second-order valence-electron chi connectivity index (χ2n) is 5.85. The summed E-state index contributed by atoms with van der Waals surface area (Å²) in [5, 5.41) is 9.14. The fourth-order valence-corrected chi connectivity index (χ4v) is 4.07. The molecule has 1 aliphatic heterocycles. The van der Waals surface area contributed by atoms with Crippen LogP contribution in [-0.2, 0) is 0 Å². The number of aromatic nitrogens is 2. The van der Waals surface area contributed by atoms with E-state index in [0.717, 1.165) is 29.7 Å². The van der Waals surface area contributed by atoms with Crippen molar-refractivity contribution in [3.8, 4) is 0 Å². The highest BCUT2D eigenvalue weighted by atomic mass is 32.2. The Balaban J connectivity index is 2.15. The second kappa shape index (κ2) is 5.72. The Morgan fingerprint density at radius 3 is 2.71 bits per heavy atom. The van der Waals surface area contributed by atoms with Crippen molar-refractivity contribution in [2.24, 2.45) is 0 Å². The number of benzene rings is 1. The van der Waals surface area contributed by atoms with E-state index in [0.29, 0.717) is 17.5 Å². The number of nitrogens with zero attached hydrogens (tertiary/aromatic N) is 2. The van der Waals surface area contributed by atoms with Crippen molar-refractivity contribution in [3.05, 3.63) is 29.6 Å². The predicted octanol–water partition coefficient (Wildman–Crippen LogP) is 3.93. The van der Waals surface area contributed by atoms with Crippen molar-refractivity contribution in [2.75, 3.05) is 11.5 Å². The molecule has 1 N–H and O–H groups in total. The van der Waals surface area contributed by atoms with E-state index in [9.17, 15) is 4.79 Å². The third kappa shape index (κ3) is 2.67. The van der Waals surface area contributed by atoms with Crippen LogP contribution in [0.4, 0.5) is 0 Å². The third-order valence-electron chi connectivity index (χ3n) is 4.04. The molecule has 0 bridgehead atoms. The number of aromatic carboxylic acids is 1. The molecule has 0 aliphatic carbocycles. The molecule has 112 valence electrons. The molecule has 1 aromatic carbocycles. The summed E-state index contributed by atoms with van der Waals surface area (Å²) in [4.78, 5) is 15.9. The Kier molecular flexibility index (Phi) is 3.93. The van der Waals surface area contributed by atoms with Crippen LogP contribution in [0.5, 0.6) is 0 Å². The van der Waals surface area contributed by atoms with E-state index in [1.54, 1.807) is 12.1 Å². The standard InChI is InChI=1S/C16H20N2O2S/c1-10(2)15-17-13-9-11(16(19)20)3-4-14(13)18(15)12-5-7-21-8-6-12/h3-4,9-10,12H,5-8H2,1-2H3,(H,19,20). The first-order chi connectivity index (χ1) is 10.1. The summed E-state index contributed by atoms with van der Waals surface area (Å²) in [5.41, 5.74) is 2.18. The first-order valence-electron chi connectivity index (χ1n) is 7.41. The number of hydrogen-bond acceptors (Lipinski definition) is 3. The van der Waals surface area contributed by atoms with Crippen LogP contribution < -0.4 is 0 Å². The number of thioether (sulfide) groups is 1. The van der Waals surface area contributed by atoms with E-state index in [4.69, 9.17) is 10.1 Å². The summed E-state index contributed by atoms with van der Waals surface area (Å²) in [6.07, 6.45) is 2.33. The molecule has 0 atom stereocenters. The molecule has 3 rings (SSSR count). The molecule has 5 heteroatoms. The fourth-order valence-electron chi connectivity index (χ4n) is 2.98. The molecule has 0 saturated carbocycles. The van der Waals surface area contributed by atoms with Crippen LogP contribution in [0, 0.1) is 0 Å². The predicted molar refractivity (Wildman–Crippen MR) is 86.4 cm³/mol. The fraction of sp³-hybridized carbons (Fsp3) is 0.500. The van der Waals surface area contributed by atoms with E-state index in [-0.39, 0.29) is 0 Å². The van der Waals surface area contributed by atoms with E-state index in [1.807, 2.05) is 17.8 Å². The van der Waals surface area contributed by atoms with E-state index in [2.05, 4.69) is 18.4 Å². The number of hydrogen-bond donors (Lipinski definition) is 1. The van der Waals surface area contributed by atoms with Gasteiger partial charge in [0.1, 0.15) is 5.82 Å². The minimum atomic E-state index is -0.897. The Morgan fingerprint density at radius 1 is 1.38 bits per heavy atom. The molecule has 0 radical (unpaired) electrons. The van der Waals surface area contributed by atoms with Crippen LogP contribution in [0.15, 0.2) is 18.2 Å². The van der Waals surface area contributed by atoms with Crippen molar-refractivity contribution >= 4 is 28.8 Å². The van der Waals surface area contributed by atoms with Crippen LogP contribution in [0.1, 0.15) is 54.8 Å². The summed E-state index contributed by atoms with van der Waals surface area (Å²) in [7, 11) is 0. The summed E-state index contributed by atoms with van der Waals surface area (Å²) in [6.45, 7) is 4.29. The van der Waals surface area contributed by atoms with Gasteiger partial charge in [-0.15, -0.1) is 0 Å². The molecule has 1 aromatic heterocycles. The highest BCUT2D eigenvalue weighted by Crippen LogP contribution is 2.33. The summed E-state index contributed by atoms with van der Waals surface area (Å²) in [5.74, 6) is 2.89. The molecule has 0 amide bonds. The van der Waals surface area contributed by atoms with Crippen molar-refractivity contribution < 1.29 is 9.90 Å². The number of carbonyl (C=O) groups is 1. The molecule has 0 spiro atoms. The quantitative estimate of drug-likeness (QED) is 0.933. The number of carboxylic acids is 1. The Hall–Kier alpha value is -1.49. The second-order valence-corrected chi connectivity index (χ2v) is 7.07. The van der Waals surface area contributed by atoms with Crippen molar-refractivity contribution in [1.29, 1.82) is 0 Å². The Labute approximate surface area is 128 Å². The van der Waals surface area contributed by atoms with Crippen molar-refractivity contribution in [3.63, 3.8) is 0 Å². The molecule has 2 heterocycles. The zero-order valence-corrected chi connectivity index (χ0v) is 13.2. The Bertz CT molecular complexity index is 672. The van der Waals surface area contributed by atoms with Crippen LogP contribution in [0.25, 0.3) is 11.0 Å². The monoisotopic (exact) mass is 304 g/mol. The maximum atomic E-state index is 11.1. The summed E-state index contributed by atoms with van der Waals surface area (Å²) >= 11 is 2.01. The SMILES string of the molecule is CC(C)c1nc2cc(C(=O)O)ccc2n1C1CCSCC1. The first kappa shape index (κ1) is 14.4. The van der Waals surface area contributed by atoms with Crippen molar-refractivity contribution in [2.45, 2.75) is 38.6 Å². The maximum Gasteiger partial charge on any atom is 0.335 e. The molecule has 0 unspecified atom stereocenters. The number of imidazole rings is 1. The van der Waals surface area contributed by atoms with Crippen LogP contribution in [-0.4, -0.2) is 32.1 Å².